The van der Waals surface area contributed by atoms with E-state index in [-0.39, 0.29) is 12.2 Å². The van der Waals surface area contributed by atoms with Gasteiger partial charge in [-0.25, -0.2) is 0 Å². The van der Waals surface area contributed by atoms with Crippen molar-refractivity contribution in [2.24, 2.45) is 75.4 Å². The van der Waals surface area contributed by atoms with Crippen molar-refractivity contribution in [2.75, 3.05) is 0 Å². The van der Waals surface area contributed by atoms with Crippen LogP contribution in [0.5, 0.6) is 0 Å². The molecule has 0 heterocycles. The molecule has 0 aromatic carbocycles. The molecule has 0 unspecified atom stereocenters. The molecule has 0 bridgehead atoms. The maximum atomic E-state index is 10.2. The number of allylic oxidation sites excluding steroid dienone is 5. The molecule has 7 rings (SSSR count). The van der Waals surface area contributed by atoms with Crippen molar-refractivity contribution >= 4 is 0 Å². The summed E-state index contributed by atoms with van der Waals surface area (Å²) in [6.45, 7) is 26.7. The second-order valence-corrected chi connectivity index (χ2v) is 23.0. The van der Waals surface area contributed by atoms with Crippen LogP contribution in [0.15, 0.2) is 47.1 Å². The second kappa shape index (κ2) is 18.7. The summed E-state index contributed by atoms with van der Waals surface area (Å²) < 4.78 is 0. The lowest BCUT2D eigenvalue weighted by Crippen LogP contribution is -2.50. The van der Waals surface area contributed by atoms with E-state index < -0.39 is 0 Å². The van der Waals surface area contributed by atoms with Crippen molar-refractivity contribution in [3.8, 4) is 0 Å². The molecule has 0 spiro atoms. The van der Waals surface area contributed by atoms with Gasteiger partial charge in [0.05, 0.1) is 12.2 Å². The van der Waals surface area contributed by atoms with Crippen LogP contribution < -0.4 is 0 Å². The molecular weight excluding hydrogens is 681 g/mol. The number of hydrogen-bond donors (Lipinski definition) is 2. The normalized spacial score (nSPS) is 42.1. The fourth-order valence-electron chi connectivity index (χ4n) is 15.3. The Balaban J connectivity index is 0.000000190. The van der Waals surface area contributed by atoms with E-state index >= 15 is 0 Å². The highest BCUT2D eigenvalue weighted by Gasteiger charge is 2.59. The Morgan fingerprint density at radius 2 is 1.32 bits per heavy atom. The van der Waals surface area contributed by atoms with Gasteiger partial charge in [0.25, 0.3) is 0 Å². The molecule has 13 atom stereocenters. The summed E-state index contributed by atoms with van der Waals surface area (Å²) in [7, 11) is 0. The first-order valence-corrected chi connectivity index (χ1v) is 24.7. The Hall–Kier alpha value is -1.12. The molecule has 0 saturated heterocycles. The molecule has 0 aliphatic heterocycles. The van der Waals surface area contributed by atoms with E-state index in [1.807, 2.05) is 0 Å². The van der Waals surface area contributed by atoms with Crippen molar-refractivity contribution in [2.45, 2.75) is 216 Å². The number of hydrogen-bond acceptors (Lipinski definition) is 2. The van der Waals surface area contributed by atoms with Crippen molar-refractivity contribution in [1.82, 2.24) is 0 Å². The molecule has 2 N–H and O–H groups in total. The zero-order valence-electron chi connectivity index (χ0n) is 38.3. The highest BCUT2D eigenvalue weighted by atomic mass is 16.3. The monoisotopic (exact) mass is 771 g/mol. The van der Waals surface area contributed by atoms with Gasteiger partial charge < -0.3 is 10.2 Å². The summed E-state index contributed by atoms with van der Waals surface area (Å²) >= 11 is 0. The van der Waals surface area contributed by atoms with E-state index in [1.165, 1.54) is 120 Å². The topological polar surface area (TPSA) is 40.5 Å². The van der Waals surface area contributed by atoms with Crippen LogP contribution >= 0.6 is 0 Å². The standard InChI is InChI=1S/C27H46O.C27H44O/c1-18(2)7-6-8-19(3)23-11-12-24-22-10-9-20-17-21(28)13-15-26(20,4)25(22)14-16-27(23,24)5;1-19(2)8-6-9-21(4)25-15-16-26-22(10-7-17-27(25,26)5)12-13-23-18-24(28)14-11-20(23)3/h9,18-19,21-25,28H,6-8,10-17H2,1-5H3;12-13,19,21,24-26,28H,3,6-11,14-18H2,1-2,4-5H3/b;22-12+,23-13-/t19-,21+,22+,23-,24+,25+,26+,27-;21-,24+,25-,26+,27-/m11/s1. The summed E-state index contributed by atoms with van der Waals surface area (Å²) in [6.07, 6.45) is 35.4. The van der Waals surface area contributed by atoms with Crippen LogP contribution in [0.2, 0.25) is 0 Å². The van der Waals surface area contributed by atoms with Crippen LogP contribution in [0, 0.1) is 75.4 Å². The minimum atomic E-state index is -0.172. The largest absolute Gasteiger partial charge is 0.393 e. The van der Waals surface area contributed by atoms with Crippen LogP contribution in [-0.4, -0.2) is 22.4 Å². The summed E-state index contributed by atoms with van der Waals surface area (Å²) in [5, 5.41) is 20.2. The van der Waals surface area contributed by atoms with E-state index in [1.54, 1.807) is 11.1 Å². The van der Waals surface area contributed by atoms with Gasteiger partial charge in [0, 0.05) is 0 Å². The minimum absolute atomic E-state index is 0.0766. The molecule has 2 nitrogen and oxygen atoms in total. The first-order valence-electron chi connectivity index (χ1n) is 24.7. The van der Waals surface area contributed by atoms with Gasteiger partial charge in [0.2, 0.25) is 0 Å². The minimum Gasteiger partial charge on any atom is -0.393 e. The summed E-state index contributed by atoms with van der Waals surface area (Å²) in [4.78, 5) is 0. The summed E-state index contributed by atoms with van der Waals surface area (Å²) in [6, 6.07) is 0. The molecule has 318 valence electrons. The molecule has 0 aromatic heterocycles. The van der Waals surface area contributed by atoms with E-state index in [4.69, 9.17) is 0 Å². The average Bonchev–Trinajstić information content (AvgIpc) is 3.69. The molecule has 56 heavy (non-hydrogen) atoms. The molecule has 7 aliphatic carbocycles. The predicted octanol–water partition coefficient (Wildman–Crippen LogP) is 15.0. The highest BCUT2D eigenvalue weighted by molar-refractivity contribution is 5.36. The fourth-order valence-corrected chi connectivity index (χ4v) is 15.3. The van der Waals surface area contributed by atoms with Gasteiger partial charge in [0.1, 0.15) is 0 Å². The quantitative estimate of drug-likeness (QED) is 0.205. The van der Waals surface area contributed by atoms with Gasteiger partial charge in [0.15, 0.2) is 0 Å². The maximum Gasteiger partial charge on any atom is 0.0583 e. The van der Waals surface area contributed by atoms with Crippen molar-refractivity contribution in [3.05, 3.63) is 47.1 Å². The first-order chi connectivity index (χ1) is 26.6. The lowest BCUT2D eigenvalue weighted by molar-refractivity contribution is -0.0573. The van der Waals surface area contributed by atoms with Crippen LogP contribution in [0.4, 0.5) is 0 Å². The Bertz CT molecular complexity index is 1410. The van der Waals surface area contributed by atoms with Crippen molar-refractivity contribution in [3.63, 3.8) is 0 Å². The number of rotatable bonds is 11. The van der Waals surface area contributed by atoms with Gasteiger partial charge >= 0.3 is 0 Å². The van der Waals surface area contributed by atoms with Gasteiger partial charge in [-0.05, 0) is 184 Å². The van der Waals surface area contributed by atoms with Crippen molar-refractivity contribution in [1.29, 1.82) is 0 Å². The zero-order valence-corrected chi connectivity index (χ0v) is 38.3. The molecule has 2 heteroatoms. The molecule has 6 fully saturated rings. The van der Waals surface area contributed by atoms with Gasteiger partial charge in [-0.1, -0.05) is 142 Å². The van der Waals surface area contributed by atoms with E-state index in [9.17, 15) is 10.2 Å². The van der Waals surface area contributed by atoms with Gasteiger partial charge in [-0.2, -0.15) is 0 Å². The average molecular weight is 771 g/mol. The second-order valence-electron chi connectivity index (χ2n) is 23.0. The highest BCUT2D eigenvalue weighted by Crippen LogP contribution is 2.67. The SMILES string of the molecule is C=C1CC[C@H](O)C/C1=C/C=C1\CCC[C@]2(C)[C@@H]([C@H](C)CCCC(C)C)CC[C@@H]12.CC(C)CCC[C@@H](C)[C@H]1CC[C@H]2[C@@H]3CC=C4C[C@@H](O)CC[C@]4(C)[C@H]3CC[C@]12C. The van der Waals surface area contributed by atoms with Crippen LogP contribution in [0.1, 0.15) is 204 Å². The third kappa shape index (κ3) is 9.43. The Morgan fingerprint density at radius 1 is 0.679 bits per heavy atom. The third-order valence-corrected chi connectivity index (χ3v) is 18.6. The molecule has 0 radical (unpaired) electrons. The number of aliphatic hydroxyl groups excluding tert-OH is 2. The Kier molecular flexibility index (Phi) is 14.8. The first kappa shape index (κ1) is 44.4. The van der Waals surface area contributed by atoms with Gasteiger partial charge in [-0.15, -0.1) is 0 Å². The number of fused-ring (bicyclic) bond motifs is 6. The smallest absolute Gasteiger partial charge is 0.0583 e. The lowest BCUT2D eigenvalue weighted by atomic mass is 9.47. The maximum absolute atomic E-state index is 10.2. The van der Waals surface area contributed by atoms with E-state index in [2.05, 4.69) is 87.1 Å². The molecule has 6 saturated carbocycles. The predicted molar refractivity (Wildman–Crippen MR) is 240 cm³/mol. The Labute approximate surface area is 347 Å². The zero-order chi connectivity index (χ0) is 40.4. The molecule has 0 aromatic rings. The van der Waals surface area contributed by atoms with Crippen LogP contribution in [0.3, 0.4) is 0 Å². The summed E-state index contributed by atoms with van der Waals surface area (Å²) in [5.74, 6) is 8.83. The Morgan fingerprint density at radius 3 is 2.00 bits per heavy atom. The van der Waals surface area contributed by atoms with Crippen molar-refractivity contribution < 1.29 is 10.2 Å². The fraction of sp³-hybridized carbons (Fsp3) is 0.852. The molecular formula is C54H90O2. The molecule has 0 amide bonds. The van der Waals surface area contributed by atoms with E-state index in [0.717, 1.165) is 91.3 Å². The van der Waals surface area contributed by atoms with E-state index in [0.29, 0.717) is 16.2 Å². The van der Waals surface area contributed by atoms with Gasteiger partial charge in [-0.3, -0.25) is 0 Å². The summed E-state index contributed by atoms with van der Waals surface area (Å²) in [5.41, 5.74) is 7.32. The van der Waals surface area contributed by atoms with Crippen LogP contribution in [0.25, 0.3) is 0 Å². The molecule has 7 aliphatic rings. The van der Waals surface area contributed by atoms with Crippen LogP contribution in [-0.2, 0) is 0 Å². The lowest BCUT2D eigenvalue weighted by Gasteiger charge is -2.58. The number of aliphatic hydroxyl groups is 2. The third-order valence-electron chi connectivity index (χ3n) is 18.6.